The minimum absolute atomic E-state index is 0.115. The minimum Gasteiger partial charge on any atom is -0.480 e. The summed E-state index contributed by atoms with van der Waals surface area (Å²) in [5.41, 5.74) is -0.289. The Hall–Kier alpha value is -1.26. The number of carboxylic acid groups (broad SMARTS) is 1. The first kappa shape index (κ1) is 12.8. The van der Waals surface area contributed by atoms with Gasteiger partial charge in [0, 0.05) is 11.6 Å². The van der Waals surface area contributed by atoms with E-state index in [-0.39, 0.29) is 24.2 Å². The Morgan fingerprint density at radius 1 is 1.44 bits per heavy atom. The number of carbonyl (C=O) groups is 2. The molecule has 1 rings (SSSR count). The van der Waals surface area contributed by atoms with Crippen molar-refractivity contribution in [3.8, 4) is 0 Å². The van der Waals surface area contributed by atoms with Crippen LogP contribution in [-0.4, -0.2) is 40.1 Å². The van der Waals surface area contributed by atoms with Crippen LogP contribution >= 0.6 is 0 Å². The van der Waals surface area contributed by atoms with Crippen LogP contribution in [0.2, 0.25) is 0 Å². The maximum absolute atomic E-state index is 11.9. The van der Waals surface area contributed by atoms with Crippen molar-refractivity contribution in [2.45, 2.75) is 51.6 Å². The van der Waals surface area contributed by atoms with Gasteiger partial charge < -0.3 is 15.3 Å². The molecule has 0 atom stereocenters. The molecule has 1 saturated carbocycles. The van der Waals surface area contributed by atoms with Gasteiger partial charge >= 0.3 is 12.0 Å². The van der Waals surface area contributed by atoms with Crippen molar-refractivity contribution in [1.82, 2.24) is 10.2 Å². The van der Waals surface area contributed by atoms with E-state index in [1.807, 2.05) is 20.8 Å². The largest absolute Gasteiger partial charge is 0.480 e. The highest BCUT2D eigenvalue weighted by Gasteiger charge is 2.35. The third-order valence-corrected chi connectivity index (χ3v) is 2.88. The maximum Gasteiger partial charge on any atom is 0.323 e. The van der Waals surface area contributed by atoms with Gasteiger partial charge in [0.25, 0.3) is 0 Å². The summed E-state index contributed by atoms with van der Waals surface area (Å²) >= 11 is 0. The second kappa shape index (κ2) is 4.72. The fraction of sp³-hybridized carbons (Fsp3) is 0.818. The summed E-state index contributed by atoms with van der Waals surface area (Å²) in [4.78, 5) is 24.0. The van der Waals surface area contributed by atoms with Crippen molar-refractivity contribution in [1.29, 1.82) is 0 Å². The van der Waals surface area contributed by atoms with Crippen molar-refractivity contribution in [2.24, 2.45) is 0 Å². The summed E-state index contributed by atoms with van der Waals surface area (Å²) in [6, 6.07) is -0.152. The van der Waals surface area contributed by atoms with Crippen LogP contribution in [0.3, 0.4) is 0 Å². The van der Waals surface area contributed by atoms with Gasteiger partial charge in [-0.3, -0.25) is 4.79 Å². The van der Waals surface area contributed by atoms with Crippen molar-refractivity contribution in [3.63, 3.8) is 0 Å². The number of hydrogen-bond acceptors (Lipinski definition) is 2. The summed E-state index contributed by atoms with van der Waals surface area (Å²) in [6.45, 7) is 5.63. The molecule has 1 aliphatic carbocycles. The van der Waals surface area contributed by atoms with Crippen LogP contribution in [0.5, 0.6) is 0 Å². The van der Waals surface area contributed by atoms with Crippen molar-refractivity contribution in [3.05, 3.63) is 0 Å². The monoisotopic (exact) mass is 228 g/mol. The second-order valence-corrected chi connectivity index (χ2v) is 4.92. The molecule has 0 radical (unpaired) electrons. The summed E-state index contributed by atoms with van der Waals surface area (Å²) in [7, 11) is 0. The molecule has 2 amide bonds. The Morgan fingerprint density at radius 2 is 2.00 bits per heavy atom. The van der Waals surface area contributed by atoms with E-state index in [0.717, 1.165) is 19.3 Å². The number of nitrogens with zero attached hydrogens (tertiary/aromatic N) is 1. The van der Waals surface area contributed by atoms with Crippen LogP contribution in [0, 0.1) is 0 Å². The average molecular weight is 228 g/mol. The SMILES string of the molecule is CCC(C)(C)NC(=O)N(CC(=O)O)C1CC1. The van der Waals surface area contributed by atoms with E-state index >= 15 is 0 Å². The van der Waals surface area contributed by atoms with Crippen molar-refractivity contribution in [2.75, 3.05) is 6.54 Å². The molecule has 0 heterocycles. The molecule has 0 bridgehead atoms. The number of hydrogen-bond donors (Lipinski definition) is 2. The van der Waals surface area contributed by atoms with Crippen LogP contribution in [-0.2, 0) is 4.79 Å². The lowest BCUT2D eigenvalue weighted by molar-refractivity contribution is -0.137. The molecule has 0 unspecified atom stereocenters. The number of rotatable bonds is 5. The molecule has 0 aromatic carbocycles. The first-order valence-electron chi connectivity index (χ1n) is 5.66. The van der Waals surface area contributed by atoms with Crippen LogP contribution in [0.4, 0.5) is 4.79 Å². The zero-order valence-corrected chi connectivity index (χ0v) is 10.1. The van der Waals surface area contributed by atoms with Crippen molar-refractivity contribution < 1.29 is 14.7 Å². The third-order valence-electron chi connectivity index (χ3n) is 2.88. The molecule has 2 N–H and O–H groups in total. The summed E-state index contributed by atoms with van der Waals surface area (Å²) in [5.74, 6) is -0.962. The fourth-order valence-electron chi connectivity index (χ4n) is 1.35. The van der Waals surface area contributed by atoms with Crippen LogP contribution in [0.1, 0.15) is 40.0 Å². The normalized spacial score (nSPS) is 15.7. The van der Waals surface area contributed by atoms with Crippen LogP contribution < -0.4 is 5.32 Å². The molecular formula is C11H20N2O3. The van der Waals surface area contributed by atoms with Gasteiger partial charge in [-0.1, -0.05) is 6.92 Å². The fourth-order valence-corrected chi connectivity index (χ4v) is 1.35. The number of nitrogens with one attached hydrogen (secondary N) is 1. The van der Waals surface area contributed by atoms with Gasteiger partial charge in [0.05, 0.1) is 0 Å². The zero-order valence-electron chi connectivity index (χ0n) is 10.1. The molecule has 0 aliphatic heterocycles. The third kappa shape index (κ3) is 3.72. The zero-order chi connectivity index (χ0) is 12.3. The lowest BCUT2D eigenvalue weighted by Gasteiger charge is -2.29. The van der Waals surface area contributed by atoms with Gasteiger partial charge in [-0.15, -0.1) is 0 Å². The van der Waals surface area contributed by atoms with Gasteiger partial charge in [-0.25, -0.2) is 4.79 Å². The van der Waals surface area contributed by atoms with Gasteiger partial charge in [-0.05, 0) is 33.1 Å². The Balaban J connectivity index is 2.57. The van der Waals surface area contributed by atoms with Gasteiger partial charge in [0.15, 0.2) is 0 Å². The minimum atomic E-state index is -0.962. The summed E-state index contributed by atoms with van der Waals surface area (Å²) < 4.78 is 0. The predicted molar refractivity (Wildman–Crippen MR) is 60.3 cm³/mol. The van der Waals surface area contributed by atoms with E-state index in [1.165, 1.54) is 4.90 Å². The van der Waals surface area contributed by atoms with E-state index in [0.29, 0.717) is 0 Å². The number of carboxylic acids is 1. The number of urea groups is 1. The second-order valence-electron chi connectivity index (χ2n) is 4.92. The molecule has 1 aliphatic rings. The Kier molecular flexibility index (Phi) is 3.78. The molecule has 5 nitrogen and oxygen atoms in total. The van der Waals surface area contributed by atoms with Crippen LogP contribution in [0.25, 0.3) is 0 Å². The van der Waals surface area contributed by atoms with Gasteiger partial charge in [0.1, 0.15) is 6.54 Å². The topological polar surface area (TPSA) is 69.6 Å². The number of carbonyl (C=O) groups excluding carboxylic acids is 1. The maximum atomic E-state index is 11.9. The smallest absolute Gasteiger partial charge is 0.323 e. The summed E-state index contributed by atoms with van der Waals surface area (Å²) in [5, 5.41) is 11.6. The average Bonchev–Trinajstić information content (AvgIpc) is 2.96. The quantitative estimate of drug-likeness (QED) is 0.748. The molecule has 1 fully saturated rings. The summed E-state index contributed by atoms with van der Waals surface area (Å²) in [6.07, 6.45) is 2.63. The van der Waals surface area contributed by atoms with E-state index in [4.69, 9.17) is 5.11 Å². The van der Waals surface area contributed by atoms with E-state index < -0.39 is 5.97 Å². The first-order chi connectivity index (χ1) is 7.35. The van der Waals surface area contributed by atoms with E-state index in [1.54, 1.807) is 0 Å². The highest BCUT2D eigenvalue weighted by molar-refractivity contribution is 5.81. The molecule has 16 heavy (non-hydrogen) atoms. The molecule has 0 saturated heterocycles. The van der Waals surface area contributed by atoms with Crippen molar-refractivity contribution >= 4 is 12.0 Å². The molecular weight excluding hydrogens is 208 g/mol. The highest BCUT2D eigenvalue weighted by atomic mass is 16.4. The molecule has 5 heteroatoms. The molecule has 92 valence electrons. The number of amides is 2. The Labute approximate surface area is 95.8 Å². The number of aliphatic carboxylic acids is 1. The molecule has 0 aromatic rings. The van der Waals surface area contributed by atoms with Crippen LogP contribution in [0.15, 0.2) is 0 Å². The lowest BCUT2D eigenvalue weighted by atomic mass is 10.0. The Morgan fingerprint density at radius 3 is 2.38 bits per heavy atom. The van der Waals surface area contributed by atoms with E-state index in [2.05, 4.69) is 5.32 Å². The lowest BCUT2D eigenvalue weighted by Crippen LogP contribution is -2.51. The highest BCUT2D eigenvalue weighted by Crippen LogP contribution is 2.27. The van der Waals surface area contributed by atoms with Gasteiger partial charge in [-0.2, -0.15) is 0 Å². The predicted octanol–water partition coefficient (Wildman–Crippen LogP) is 1.43. The van der Waals surface area contributed by atoms with Gasteiger partial charge in [0.2, 0.25) is 0 Å². The van der Waals surface area contributed by atoms with E-state index in [9.17, 15) is 9.59 Å². The molecule has 0 spiro atoms. The standard InChI is InChI=1S/C11H20N2O3/c1-4-11(2,3)12-10(16)13(7-9(14)15)8-5-6-8/h8H,4-7H2,1-3H3,(H,12,16)(H,14,15). The molecule has 0 aromatic heterocycles. The first-order valence-corrected chi connectivity index (χ1v) is 5.66. The Bertz CT molecular complexity index is 285.